The number of H-pyrrole nitrogens is 2. The number of methoxy groups -OCH3 is 1. The van der Waals surface area contributed by atoms with E-state index in [-0.39, 0.29) is 17.9 Å². The number of ether oxygens (including phenoxy) is 2. The number of aromatic nitrogens is 5. The average molecular weight is 572 g/mol. The minimum Gasteiger partial charge on any atom is -0.381 e. The second-order valence-corrected chi connectivity index (χ2v) is 11.5. The number of rotatable bonds is 4. The van der Waals surface area contributed by atoms with E-state index in [1.165, 1.54) is 0 Å². The Kier molecular flexibility index (Phi) is 9.40. The zero-order valence-corrected chi connectivity index (χ0v) is 22.5. The van der Waals surface area contributed by atoms with Crippen molar-refractivity contribution in [3.8, 4) is 11.1 Å². The van der Waals surface area contributed by atoms with E-state index in [0.717, 1.165) is 40.5 Å². The summed E-state index contributed by atoms with van der Waals surface area (Å²) in [6, 6.07) is 6.02. The number of nitrogens with one attached hydrogen (secondary N) is 2. The van der Waals surface area contributed by atoms with Crippen LogP contribution in [0.5, 0.6) is 0 Å². The van der Waals surface area contributed by atoms with Crippen LogP contribution in [0.15, 0.2) is 41.6 Å². The molecule has 0 aromatic carbocycles. The number of aromatic amines is 2. The van der Waals surface area contributed by atoms with Crippen LogP contribution >= 0.6 is 0 Å². The Morgan fingerprint density at radius 2 is 1.68 bits per heavy atom. The van der Waals surface area contributed by atoms with Crippen molar-refractivity contribution in [2.45, 2.75) is 31.6 Å². The summed E-state index contributed by atoms with van der Waals surface area (Å²) >= 11 is 0. The van der Waals surface area contributed by atoms with Gasteiger partial charge in [-0.1, -0.05) is 0 Å². The second kappa shape index (κ2) is 12.1. The Morgan fingerprint density at radius 3 is 2.32 bits per heavy atom. The zero-order valence-electron chi connectivity index (χ0n) is 20.9. The molecule has 0 saturated carbocycles. The van der Waals surface area contributed by atoms with Gasteiger partial charge in [-0.15, -0.1) is 0 Å². The van der Waals surface area contributed by atoms with Crippen molar-refractivity contribution in [2.75, 3.05) is 26.2 Å². The molecular weight excluding hydrogens is 542 g/mol. The first kappa shape index (κ1) is 29.4. The number of nitrogens with zero attached hydrogens (tertiary/aromatic N) is 3. The highest BCUT2D eigenvalue weighted by molar-refractivity contribution is 7.85. The molecule has 14 nitrogen and oxygen atoms in total. The molecular formula is C22H29N5O9S2. The molecule has 4 aromatic rings. The van der Waals surface area contributed by atoms with Crippen LogP contribution in [0.3, 0.4) is 0 Å². The summed E-state index contributed by atoms with van der Waals surface area (Å²) in [4.78, 5) is 27.3. The summed E-state index contributed by atoms with van der Waals surface area (Å²) in [7, 11) is -5.61. The number of pyridine rings is 2. The normalized spacial score (nSPS) is 17.9. The van der Waals surface area contributed by atoms with Gasteiger partial charge >= 0.3 is 5.69 Å². The van der Waals surface area contributed by atoms with Gasteiger partial charge in [0.05, 0.1) is 36.8 Å². The van der Waals surface area contributed by atoms with Gasteiger partial charge in [0.15, 0.2) is 5.65 Å². The quantitative estimate of drug-likeness (QED) is 0.258. The van der Waals surface area contributed by atoms with Gasteiger partial charge in [0, 0.05) is 55.2 Å². The number of fused-ring (bicyclic) bond motifs is 2. The molecule has 2 atom stereocenters. The third kappa shape index (κ3) is 9.00. The lowest BCUT2D eigenvalue weighted by atomic mass is 10.1. The topological polar surface area (TPSA) is 207 Å². The Labute approximate surface area is 218 Å². The van der Waals surface area contributed by atoms with Gasteiger partial charge in [0.2, 0.25) is 0 Å². The fourth-order valence-electron chi connectivity index (χ4n) is 3.86. The Hall–Kier alpha value is -3.15. The predicted octanol–water partition coefficient (Wildman–Crippen LogP) is 1.47. The van der Waals surface area contributed by atoms with Crippen LogP contribution in [-0.4, -0.2) is 88.9 Å². The molecule has 208 valence electrons. The van der Waals surface area contributed by atoms with Gasteiger partial charge in [0.25, 0.3) is 20.2 Å². The molecule has 0 bridgehead atoms. The SMILES string of the molecule is CO[C@@H]1CCO[C@H](Cn2c(=O)[nH]c3ncc(-c4cnc5[nH]ccc5c4)cc32)C1.CS(=O)(=O)O.CS(=O)(=O)O. The van der Waals surface area contributed by atoms with Crippen LogP contribution in [0.1, 0.15) is 12.8 Å². The van der Waals surface area contributed by atoms with Crippen LogP contribution in [-0.2, 0) is 36.3 Å². The summed E-state index contributed by atoms with van der Waals surface area (Å²) < 4.78 is 64.8. The summed E-state index contributed by atoms with van der Waals surface area (Å²) in [5, 5.41) is 1.03. The minimum absolute atomic E-state index is 0.0584. The third-order valence-electron chi connectivity index (χ3n) is 5.40. The van der Waals surface area contributed by atoms with E-state index in [1.54, 1.807) is 17.9 Å². The van der Waals surface area contributed by atoms with Gasteiger partial charge in [-0.3, -0.25) is 18.7 Å². The van der Waals surface area contributed by atoms with Gasteiger partial charge < -0.3 is 14.5 Å². The predicted molar refractivity (Wildman–Crippen MR) is 140 cm³/mol. The molecule has 1 fully saturated rings. The Balaban J connectivity index is 0.000000344. The van der Waals surface area contributed by atoms with E-state index >= 15 is 0 Å². The van der Waals surface area contributed by atoms with Gasteiger partial charge in [0.1, 0.15) is 5.65 Å². The van der Waals surface area contributed by atoms with E-state index in [0.29, 0.717) is 31.3 Å². The average Bonchev–Trinajstić information content (AvgIpc) is 3.40. The van der Waals surface area contributed by atoms with Gasteiger partial charge in [-0.2, -0.15) is 16.8 Å². The molecule has 4 N–H and O–H groups in total. The van der Waals surface area contributed by atoms with Crippen molar-refractivity contribution in [3.05, 3.63) is 47.3 Å². The fraction of sp³-hybridized carbons (Fsp3) is 0.409. The zero-order chi connectivity index (χ0) is 28.1. The molecule has 5 heterocycles. The van der Waals surface area contributed by atoms with Crippen LogP contribution in [0.4, 0.5) is 0 Å². The molecule has 5 rings (SSSR count). The standard InChI is InChI=1S/C20H21N5O3.2CH4O3S/c1-27-15-3-5-28-16(8-15)11-25-17-7-14(10-23-19(17)24-20(25)26)13-6-12-2-4-21-18(12)22-9-13;2*1-5(2,3)4/h2,4,6-7,9-10,15-16H,3,5,8,11H2,1H3,(H,21,22)(H,23,24,26);2*1H3,(H,2,3,4)/t15-,16+;;/m1../s1. The molecule has 38 heavy (non-hydrogen) atoms. The van der Waals surface area contributed by atoms with Crippen LogP contribution in [0, 0.1) is 0 Å². The molecule has 0 radical (unpaired) electrons. The molecule has 1 aliphatic rings. The van der Waals surface area contributed by atoms with Crippen LogP contribution < -0.4 is 5.69 Å². The molecule has 0 spiro atoms. The maximum Gasteiger partial charge on any atom is 0.327 e. The lowest BCUT2D eigenvalue weighted by Gasteiger charge is -2.28. The maximum atomic E-state index is 12.5. The van der Waals surface area contributed by atoms with Crippen molar-refractivity contribution in [1.29, 1.82) is 0 Å². The van der Waals surface area contributed by atoms with E-state index in [4.69, 9.17) is 18.6 Å². The number of imidazole rings is 1. The maximum absolute atomic E-state index is 12.5. The molecule has 16 heteroatoms. The number of hydrogen-bond acceptors (Lipinski definition) is 9. The lowest BCUT2D eigenvalue weighted by molar-refractivity contribution is -0.0638. The summed E-state index contributed by atoms with van der Waals surface area (Å²) in [5.74, 6) is 0. The Bertz CT molecular complexity index is 1610. The third-order valence-corrected chi connectivity index (χ3v) is 5.40. The number of hydrogen-bond donors (Lipinski definition) is 4. The van der Waals surface area contributed by atoms with Crippen LogP contribution in [0.2, 0.25) is 0 Å². The summed E-state index contributed by atoms with van der Waals surface area (Å²) in [6.45, 7) is 1.12. The van der Waals surface area contributed by atoms with E-state index in [1.807, 2.05) is 24.5 Å². The summed E-state index contributed by atoms with van der Waals surface area (Å²) in [5.41, 5.74) is 3.87. The van der Waals surface area contributed by atoms with Crippen molar-refractivity contribution < 1.29 is 35.4 Å². The molecule has 0 aliphatic carbocycles. The van der Waals surface area contributed by atoms with Crippen LogP contribution in [0.25, 0.3) is 33.3 Å². The van der Waals surface area contributed by atoms with E-state index < -0.39 is 20.2 Å². The van der Waals surface area contributed by atoms with Gasteiger partial charge in [-0.25, -0.2) is 14.8 Å². The van der Waals surface area contributed by atoms with Crippen molar-refractivity contribution >= 4 is 42.4 Å². The fourth-order valence-corrected chi connectivity index (χ4v) is 3.86. The summed E-state index contributed by atoms with van der Waals surface area (Å²) in [6.07, 6.45) is 8.64. The Morgan fingerprint density at radius 1 is 1.08 bits per heavy atom. The second-order valence-electron chi connectivity index (χ2n) is 8.61. The largest absolute Gasteiger partial charge is 0.381 e. The van der Waals surface area contributed by atoms with Gasteiger partial charge in [-0.05, 0) is 24.6 Å². The molecule has 1 aliphatic heterocycles. The molecule has 0 unspecified atom stereocenters. The van der Waals surface area contributed by atoms with E-state index in [2.05, 4.69) is 26.0 Å². The van der Waals surface area contributed by atoms with Crippen molar-refractivity contribution in [1.82, 2.24) is 24.5 Å². The lowest BCUT2D eigenvalue weighted by Crippen LogP contribution is -2.35. The highest BCUT2D eigenvalue weighted by atomic mass is 32.2. The first-order valence-electron chi connectivity index (χ1n) is 11.2. The highest BCUT2D eigenvalue weighted by Gasteiger charge is 2.24. The van der Waals surface area contributed by atoms with E-state index in [9.17, 15) is 21.6 Å². The van der Waals surface area contributed by atoms with Crippen molar-refractivity contribution in [3.63, 3.8) is 0 Å². The molecule has 1 saturated heterocycles. The smallest absolute Gasteiger partial charge is 0.327 e. The monoisotopic (exact) mass is 571 g/mol. The molecule has 4 aromatic heterocycles. The van der Waals surface area contributed by atoms with Crippen molar-refractivity contribution in [2.24, 2.45) is 0 Å². The highest BCUT2D eigenvalue weighted by Crippen LogP contribution is 2.25. The first-order chi connectivity index (χ1) is 17.7. The first-order valence-corrected chi connectivity index (χ1v) is 14.9. The molecule has 0 amide bonds. The minimum atomic E-state index is -3.67.